The smallest absolute Gasteiger partial charge is 0.324 e. The molecule has 0 saturated heterocycles. The Morgan fingerprint density at radius 1 is 1.10 bits per heavy atom. The number of carbonyl (C=O) groups is 1. The molecule has 1 heterocycles. The summed E-state index contributed by atoms with van der Waals surface area (Å²) in [6.07, 6.45) is -2.47. The Kier molecular flexibility index (Phi) is 5.81. The van der Waals surface area contributed by atoms with Crippen LogP contribution in [0.2, 0.25) is 0 Å². The van der Waals surface area contributed by atoms with Crippen molar-refractivity contribution in [1.82, 2.24) is 9.55 Å². The maximum atomic E-state index is 12.7. The Bertz CT molecular complexity index is 1070. The van der Waals surface area contributed by atoms with Crippen molar-refractivity contribution in [3.05, 3.63) is 82.4 Å². The van der Waals surface area contributed by atoms with Crippen molar-refractivity contribution >= 4 is 11.6 Å². The van der Waals surface area contributed by atoms with Crippen molar-refractivity contribution in [3.63, 3.8) is 0 Å². The van der Waals surface area contributed by atoms with Crippen molar-refractivity contribution in [1.29, 1.82) is 0 Å². The highest BCUT2D eigenvalue weighted by molar-refractivity contribution is 5.91. The van der Waals surface area contributed by atoms with Gasteiger partial charge in [-0.25, -0.2) is 4.98 Å². The largest absolute Gasteiger partial charge is 0.416 e. The molecule has 0 aliphatic carbocycles. The second kappa shape index (κ2) is 8.30. The third kappa shape index (κ3) is 4.90. The highest BCUT2D eigenvalue weighted by atomic mass is 19.4. The van der Waals surface area contributed by atoms with Crippen LogP contribution in [0.4, 0.5) is 18.9 Å². The van der Waals surface area contributed by atoms with E-state index >= 15 is 0 Å². The molecule has 29 heavy (non-hydrogen) atoms. The molecule has 3 rings (SSSR count). The van der Waals surface area contributed by atoms with Crippen molar-refractivity contribution in [3.8, 4) is 11.3 Å². The van der Waals surface area contributed by atoms with Crippen molar-refractivity contribution in [2.45, 2.75) is 26.1 Å². The molecule has 5 nitrogen and oxygen atoms in total. The number of halogens is 3. The zero-order valence-corrected chi connectivity index (χ0v) is 15.5. The normalized spacial score (nSPS) is 11.3. The molecule has 150 valence electrons. The quantitative estimate of drug-likeness (QED) is 0.699. The first-order valence-electron chi connectivity index (χ1n) is 8.90. The van der Waals surface area contributed by atoms with Crippen LogP contribution >= 0.6 is 0 Å². The van der Waals surface area contributed by atoms with Gasteiger partial charge in [0, 0.05) is 17.3 Å². The van der Waals surface area contributed by atoms with Gasteiger partial charge in [0.05, 0.1) is 17.6 Å². The lowest BCUT2D eigenvalue weighted by Gasteiger charge is -2.11. The van der Waals surface area contributed by atoms with E-state index in [1.165, 1.54) is 24.5 Å². The fourth-order valence-electron chi connectivity index (χ4n) is 2.83. The molecule has 1 N–H and O–H groups in total. The Balaban J connectivity index is 1.74. The van der Waals surface area contributed by atoms with Crippen LogP contribution in [0.3, 0.4) is 0 Å². The molecule has 0 aliphatic heterocycles. The van der Waals surface area contributed by atoms with E-state index in [1.54, 1.807) is 12.1 Å². The average Bonchev–Trinajstić information content (AvgIpc) is 2.69. The molecule has 0 unspecified atom stereocenters. The molecule has 0 aliphatic rings. The first kappa shape index (κ1) is 20.3. The standard InChI is InChI=1S/C21H18F3N3O2/c1-2-14-5-3-4-6-17(14)26-19(28)12-27-13-25-18(11-20(27)29)15-7-9-16(10-8-15)21(22,23)24/h3-11,13H,2,12H2,1H3,(H,26,28). The average molecular weight is 401 g/mol. The van der Waals surface area contributed by atoms with E-state index in [0.29, 0.717) is 11.3 Å². The molecule has 3 aromatic rings. The predicted molar refractivity (Wildman–Crippen MR) is 103 cm³/mol. The first-order valence-corrected chi connectivity index (χ1v) is 8.90. The minimum atomic E-state index is -4.43. The minimum absolute atomic E-state index is 0.225. The van der Waals surface area contributed by atoms with Crippen LogP contribution in [0.5, 0.6) is 0 Å². The van der Waals surface area contributed by atoms with Crippen LogP contribution in [-0.4, -0.2) is 15.5 Å². The van der Waals surface area contributed by atoms with Gasteiger partial charge in [-0.05, 0) is 30.2 Å². The van der Waals surface area contributed by atoms with Crippen LogP contribution in [0, 0.1) is 0 Å². The highest BCUT2D eigenvalue weighted by Gasteiger charge is 2.30. The van der Waals surface area contributed by atoms with Crippen molar-refractivity contribution < 1.29 is 18.0 Å². The minimum Gasteiger partial charge on any atom is -0.324 e. The van der Waals surface area contributed by atoms with Crippen LogP contribution < -0.4 is 10.9 Å². The van der Waals surface area contributed by atoms with Gasteiger partial charge in [-0.2, -0.15) is 13.2 Å². The second-order valence-electron chi connectivity index (χ2n) is 6.37. The number of carbonyl (C=O) groups excluding carboxylic acids is 1. The topological polar surface area (TPSA) is 64.0 Å². The molecular formula is C21H18F3N3O2. The van der Waals surface area contributed by atoms with E-state index in [1.807, 2.05) is 19.1 Å². The predicted octanol–water partition coefficient (Wildman–Crippen LogP) is 4.13. The van der Waals surface area contributed by atoms with Crippen LogP contribution in [0.25, 0.3) is 11.3 Å². The Morgan fingerprint density at radius 3 is 2.41 bits per heavy atom. The van der Waals surface area contributed by atoms with Gasteiger partial charge in [0.1, 0.15) is 6.54 Å². The maximum absolute atomic E-state index is 12.7. The summed E-state index contributed by atoms with van der Waals surface area (Å²) >= 11 is 0. The monoisotopic (exact) mass is 401 g/mol. The zero-order chi connectivity index (χ0) is 21.0. The summed E-state index contributed by atoms with van der Waals surface area (Å²) in [5.41, 5.74) is 1.01. The molecule has 2 aromatic carbocycles. The number of amides is 1. The van der Waals surface area contributed by atoms with E-state index in [4.69, 9.17) is 0 Å². The zero-order valence-electron chi connectivity index (χ0n) is 15.5. The first-order chi connectivity index (χ1) is 13.8. The Hall–Kier alpha value is -3.42. The van der Waals surface area contributed by atoms with E-state index in [-0.39, 0.29) is 18.1 Å². The molecule has 0 atom stereocenters. The van der Waals surface area contributed by atoms with Gasteiger partial charge in [-0.15, -0.1) is 0 Å². The van der Waals surface area contributed by atoms with Gasteiger partial charge in [0.2, 0.25) is 5.91 Å². The van der Waals surface area contributed by atoms with E-state index in [0.717, 1.165) is 28.7 Å². The number of aryl methyl sites for hydroxylation is 1. The second-order valence-corrected chi connectivity index (χ2v) is 6.37. The third-order valence-corrected chi connectivity index (χ3v) is 4.37. The third-order valence-electron chi connectivity index (χ3n) is 4.37. The van der Waals surface area contributed by atoms with Gasteiger partial charge in [0.25, 0.3) is 5.56 Å². The van der Waals surface area contributed by atoms with Crippen LogP contribution in [-0.2, 0) is 23.9 Å². The lowest BCUT2D eigenvalue weighted by Crippen LogP contribution is -2.27. The Labute approximate surface area is 164 Å². The molecular weight excluding hydrogens is 383 g/mol. The molecule has 1 aromatic heterocycles. The van der Waals surface area contributed by atoms with Crippen LogP contribution in [0.1, 0.15) is 18.1 Å². The highest BCUT2D eigenvalue weighted by Crippen LogP contribution is 2.30. The molecule has 0 radical (unpaired) electrons. The number of rotatable bonds is 5. The number of nitrogens with one attached hydrogen (secondary N) is 1. The van der Waals surface area contributed by atoms with Crippen molar-refractivity contribution in [2.75, 3.05) is 5.32 Å². The van der Waals surface area contributed by atoms with E-state index in [2.05, 4.69) is 10.3 Å². The number of alkyl halides is 3. The summed E-state index contributed by atoms with van der Waals surface area (Å²) in [6.45, 7) is 1.75. The summed E-state index contributed by atoms with van der Waals surface area (Å²) in [5, 5.41) is 2.77. The maximum Gasteiger partial charge on any atom is 0.416 e. The summed E-state index contributed by atoms with van der Waals surface area (Å²) in [7, 11) is 0. The number of anilines is 1. The summed E-state index contributed by atoms with van der Waals surface area (Å²) in [4.78, 5) is 28.7. The Morgan fingerprint density at radius 2 is 1.79 bits per heavy atom. The fourth-order valence-corrected chi connectivity index (χ4v) is 2.83. The van der Waals surface area contributed by atoms with E-state index in [9.17, 15) is 22.8 Å². The lowest BCUT2D eigenvalue weighted by molar-refractivity contribution is -0.137. The van der Waals surface area contributed by atoms with Crippen LogP contribution in [0.15, 0.2) is 65.7 Å². The summed E-state index contributed by atoms with van der Waals surface area (Å²) in [6, 6.07) is 12.9. The van der Waals surface area contributed by atoms with Gasteiger partial charge >= 0.3 is 6.18 Å². The molecule has 8 heteroatoms. The number of hydrogen-bond donors (Lipinski definition) is 1. The molecule has 0 saturated carbocycles. The van der Waals surface area contributed by atoms with Gasteiger partial charge < -0.3 is 5.32 Å². The molecule has 1 amide bonds. The summed E-state index contributed by atoms with van der Waals surface area (Å²) in [5.74, 6) is -0.378. The number of benzene rings is 2. The van der Waals surface area contributed by atoms with E-state index < -0.39 is 17.3 Å². The molecule has 0 bridgehead atoms. The van der Waals surface area contributed by atoms with Gasteiger partial charge in [0.15, 0.2) is 0 Å². The van der Waals surface area contributed by atoms with Crippen molar-refractivity contribution in [2.24, 2.45) is 0 Å². The SMILES string of the molecule is CCc1ccccc1NC(=O)Cn1cnc(-c2ccc(C(F)(F)F)cc2)cc1=O. The number of para-hydroxylation sites is 1. The number of nitrogens with zero attached hydrogens (tertiary/aromatic N) is 2. The van der Waals surface area contributed by atoms with Gasteiger partial charge in [-0.3, -0.25) is 14.2 Å². The fraction of sp³-hybridized carbons (Fsp3) is 0.190. The lowest BCUT2D eigenvalue weighted by atomic mass is 10.1. The summed E-state index contributed by atoms with van der Waals surface area (Å²) < 4.78 is 39.1. The molecule has 0 spiro atoms. The number of aromatic nitrogens is 2. The van der Waals surface area contributed by atoms with Gasteiger partial charge in [-0.1, -0.05) is 37.3 Å². The molecule has 0 fully saturated rings. The number of hydrogen-bond acceptors (Lipinski definition) is 3.